The number of fused-ring (bicyclic) bond motifs is 1. The summed E-state index contributed by atoms with van der Waals surface area (Å²) in [6.45, 7) is 1.24. The predicted molar refractivity (Wildman–Crippen MR) is 90.4 cm³/mol. The van der Waals surface area contributed by atoms with Gasteiger partial charge in [0.2, 0.25) is 11.8 Å². The van der Waals surface area contributed by atoms with Gasteiger partial charge in [-0.05, 0) is 62.0 Å². The van der Waals surface area contributed by atoms with Gasteiger partial charge < -0.3 is 0 Å². The lowest BCUT2D eigenvalue weighted by atomic mass is 9.59. The van der Waals surface area contributed by atoms with Crippen LogP contribution in [0.3, 0.4) is 0 Å². The van der Waals surface area contributed by atoms with Crippen LogP contribution in [0.2, 0.25) is 0 Å². The number of hydrogen-bond acceptors (Lipinski definition) is 5. The van der Waals surface area contributed by atoms with Gasteiger partial charge in [0.05, 0.1) is 28.0 Å². The third-order valence-corrected chi connectivity index (χ3v) is 6.96. The lowest BCUT2D eigenvalue weighted by Gasteiger charge is -2.42. The number of rotatable bonds is 3. The maximum Gasteiger partial charge on any atom is 0.280 e. The van der Waals surface area contributed by atoms with Crippen LogP contribution in [0.4, 0.5) is 11.4 Å². The fourth-order valence-corrected chi connectivity index (χ4v) is 5.90. The normalized spacial score (nSPS) is 36.7. The summed E-state index contributed by atoms with van der Waals surface area (Å²) < 4.78 is 0. The quantitative estimate of drug-likeness (QED) is 0.360. The largest absolute Gasteiger partial charge is 0.294 e. The monoisotopic (exact) mass is 354 g/mol. The molecule has 0 unspecified atom stereocenters. The number of ketones is 1. The zero-order valence-electron chi connectivity index (χ0n) is 14.3. The summed E-state index contributed by atoms with van der Waals surface area (Å²) in [7, 11) is 0. The number of amides is 2. The zero-order chi connectivity index (χ0) is 18.3. The van der Waals surface area contributed by atoms with E-state index >= 15 is 0 Å². The van der Waals surface area contributed by atoms with Crippen molar-refractivity contribution in [2.75, 3.05) is 4.90 Å². The molecular weight excluding hydrogens is 336 g/mol. The van der Waals surface area contributed by atoms with E-state index in [-0.39, 0.29) is 40.6 Å². The summed E-state index contributed by atoms with van der Waals surface area (Å²) >= 11 is 0. The van der Waals surface area contributed by atoms with Gasteiger partial charge in [0, 0.05) is 6.07 Å². The van der Waals surface area contributed by atoms with E-state index in [1.54, 1.807) is 0 Å². The summed E-state index contributed by atoms with van der Waals surface area (Å²) in [4.78, 5) is 49.7. The number of imide groups is 1. The summed E-state index contributed by atoms with van der Waals surface area (Å²) in [5, 5.41) is 11.1. The number of nitro benzene ring substituents is 1. The van der Waals surface area contributed by atoms with Crippen LogP contribution in [0.1, 0.15) is 36.5 Å². The van der Waals surface area contributed by atoms with Crippen molar-refractivity contribution in [1.82, 2.24) is 0 Å². The molecule has 1 aromatic carbocycles. The van der Waals surface area contributed by atoms with Crippen molar-refractivity contribution in [2.24, 2.45) is 35.5 Å². The third kappa shape index (κ3) is 1.86. The van der Waals surface area contributed by atoms with Crippen LogP contribution < -0.4 is 4.90 Å². The number of hydrogen-bond donors (Lipinski definition) is 0. The molecule has 2 bridgehead atoms. The third-order valence-electron chi connectivity index (χ3n) is 6.96. The van der Waals surface area contributed by atoms with E-state index in [1.165, 1.54) is 30.0 Å². The first-order valence-corrected chi connectivity index (χ1v) is 9.07. The van der Waals surface area contributed by atoms with Crippen molar-refractivity contribution in [1.29, 1.82) is 0 Å². The van der Waals surface area contributed by atoms with Crippen LogP contribution in [0.5, 0.6) is 0 Å². The molecule has 4 aliphatic carbocycles. The van der Waals surface area contributed by atoms with E-state index in [4.69, 9.17) is 0 Å². The molecule has 5 aliphatic rings. The highest BCUT2D eigenvalue weighted by Crippen LogP contribution is 2.68. The number of nitro groups is 1. The van der Waals surface area contributed by atoms with Gasteiger partial charge in [-0.15, -0.1) is 0 Å². The van der Waals surface area contributed by atoms with Crippen LogP contribution in [-0.4, -0.2) is 22.5 Å². The Kier molecular flexibility index (Phi) is 3.01. The minimum absolute atomic E-state index is 0.0752. The lowest BCUT2D eigenvalue weighted by Crippen LogP contribution is -2.43. The lowest BCUT2D eigenvalue weighted by molar-refractivity contribution is -0.385. The second-order valence-corrected chi connectivity index (χ2v) is 8.05. The molecule has 1 aliphatic heterocycles. The highest BCUT2D eigenvalue weighted by Gasteiger charge is 2.68. The van der Waals surface area contributed by atoms with Crippen LogP contribution in [0.15, 0.2) is 18.2 Å². The first-order chi connectivity index (χ1) is 12.4. The summed E-state index contributed by atoms with van der Waals surface area (Å²) in [5.41, 5.74) is -0.105. The minimum atomic E-state index is -0.623. The van der Waals surface area contributed by atoms with E-state index in [1.807, 2.05) is 0 Å². The Morgan fingerprint density at radius 3 is 2.15 bits per heavy atom. The Balaban J connectivity index is 1.56. The molecule has 2 amide bonds. The Morgan fingerprint density at radius 2 is 1.65 bits per heavy atom. The number of Topliss-reactive ketones (excluding diaryl/α,β-unsaturated/α-hetero) is 1. The molecule has 0 aromatic heterocycles. The molecule has 1 heterocycles. The molecule has 6 atom stereocenters. The number of benzene rings is 1. The first kappa shape index (κ1) is 15.7. The van der Waals surface area contributed by atoms with E-state index < -0.39 is 10.7 Å². The Hall–Kier alpha value is -2.57. The van der Waals surface area contributed by atoms with Gasteiger partial charge in [-0.25, -0.2) is 0 Å². The summed E-state index contributed by atoms with van der Waals surface area (Å²) in [5.74, 6) is 0.432. The van der Waals surface area contributed by atoms with Gasteiger partial charge in [-0.3, -0.25) is 29.4 Å². The van der Waals surface area contributed by atoms with Crippen molar-refractivity contribution < 1.29 is 19.3 Å². The van der Waals surface area contributed by atoms with Crippen LogP contribution >= 0.6 is 0 Å². The molecule has 0 N–H and O–H groups in total. The molecule has 1 saturated heterocycles. The molecule has 7 nitrogen and oxygen atoms in total. The molecule has 26 heavy (non-hydrogen) atoms. The Labute approximate surface area is 149 Å². The van der Waals surface area contributed by atoms with Gasteiger partial charge in [0.1, 0.15) is 0 Å². The highest BCUT2D eigenvalue weighted by molar-refractivity contribution is 6.22. The average Bonchev–Trinajstić information content (AvgIpc) is 3.38. The van der Waals surface area contributed by atoms with E-state index in [0.29, 0.717) is 23.7 Å². The number of nitrogens with zero attached hydrogens (tertiary/aromatic N) is 2. The molecule has 7 heteroatoms. The number of carbonyl (C=O) groups is 3. The van der Waals surface area contributed by atoms with Crippen molar-refractivity contribution in [3.05, 3.63) is 33.9 Å². The van der Waals surface area contributed by atoms with Gasteiger partial charge in [0.15, 0.2) is 5.78 Å². The maximum atomic E-state index is 13.1. The minimum Gasteiger partial charge on any atom is -0.294 e. The predicted octanol–water partition coefficient (Wildman–Crippen LogP) is 2.58. The zero-order valence-corrected chi connectivity index (χ0v) is 14.3. The molecule has 0 radical (unpaired) electrons. The van der Waals surface area contributed by atoms with E-state index in [9.17, 15) is 24.5 Å². The fraction of sp³-hybridized carbons (Fsp3) is 0.526. The highest BCUT2D eigenvalue weighted by atomic mass is 16.6. The van der Waals surface area contributed by atoms with Gasteiger partial charge >= 0.3 is 0 Å². The number of carbonyl (C=O) groups excluding carboxylic acids is 3. The van der Waals surface area contributed by atoms with Crippen LogP contribution in [0.25, 0.3) is 0 Å². The smallest absolute Gasteiger partial charge is 0.280 e. The summed E-state index contributed by atoms with van der Waals surface area (Å²) in [6, 6.07) is 3.93. The molecule has 1 aromatic rings. The topological polar surface area (TPSA) is 97.6 Å². The van der Waals surface area contributed by atoms with Gasteiger partial charge in [-0.2, -0.15) is 0 Å². The van der Waals surface area contributed by atoms with Gasteiger partial charge in [0.25, 0.3) is 5.69 Å². The second kappa shape index (κ2) is 4.99. The fourth-order valence-electron chi connectivity index (χ4n) is 5.90. The molecule has 4 saturated carbocycles. The standard InChI is InChI=1S/C19H18N2O5/c1-8(22)12-6-9(2-5-15(12)21(25)26)20-18(23)16-10-3-4-11(14-7-13(10)14)17(16)19(20)24/h2,5-6,10-11,13-14,16-17H,3-4,7H2,1H3/t10-,11+,13-,14+,16-,17+. The van der Waals surface area contributed by atoms with Crippen molar-refractivity contribution in [2.45, 2.75) is 26.2 Å². The van der Waals surface area contributed by atoms with Crippen molar-refractivity contribution in [3.63, 3.8) is 0 Å². The second-order valence-electron chi connectivity index (χ2n) is 8.05. The van der Waals surface area contributed by atoms with Crippen LogP contribution in [-0.2, 0) is 9.59 Å². The molecule has 6 rings (SSSR count). The molecule has 134 valence electrons. The molecule has 5 fully saturated rings. The van der Waals surface area contributed by atoms with Crippen molar-refractivity contribution in [3.8, 4) is 0 Å². The van der Waals surface area contributed by atoms with Crippen LogP contribution in [0, 0.1) is 45.6 Å². The first-order valence-electron chi connectivity index (χ1n) is 9.07. The summed E-state index contributed by atoms with van der Waals surface area (Å²) in [6.07, 6.45) is 3.17. The van der Waals surface area contributed by atoms with Gasteiger partial charge in [-0.1, -0.05) is 0 Å². The maximum absolute atomic E-state index is 13.1. The number of anilines is 1. The average molecular weight is 354 g/mol. The van der Waals surface area contributed by atoms with Crippen molar-refractivity contribution >= 4 is 29.0 Å². The molecular formula is C19H18N2O5. The Morgan fingerprint density at radius 1 is 1.08 bits per heavy atom. The van der Waals surface area contributed by atoms with E-state index in [0.717, 1.165) is 19.3 Å². The SMILES string of the molecule is CC(=O)c1cc(N2C(=O)[C@@H]3[C@@H]4CC[C@@H]([C@@H]5C[C@@H]54)[C@@H]3C2=O)ccc1[N+](=O)[O-]. The van der Waals surface area contributed by atoms with E-state index in [2.05, 4.69) is 0 Å². The Bertz CT molecular complexity index is 860. The molecule has 0 spiro atoms.